The molecule has 0 amide bonds. The zero-order chi connectivity index (χ0) is 21.9. The van der Waals surface area contributed by atoms with Crippen LogP contribution in [-0.2, 0) is 0 Å². The minimum absolute atomic E-state index is 0.0315. The molecule has 0 unspecified atom stereocenters. The Kier molecular flexibility index (Phi) is 5.53. The first-order chi connectivity index (χ1) is 15.7. The van der Waals surface area contributed by atoms with Crippen molar-refractivity contribution in [3.8, 4) is 16.9 Å². The molecule has 0 fully saturated rings. The van der Waals surface area contributed by atoms with Crippen molar-refractivity contribution in [2.24, 2.45) is 0 Å². The quantitative estimate of drug-likeness (QED) is 0.195. The Bertz CT molecular complexity index is 1430. The van der Waals surface area contributed by atoms with Gasteiger partial charge in [-0.3, -0.25) is 4.79 Å². The van der Waals surface area contributed by atoms with Gasteiger partial charge >= 0.3 is 0 Å². The number of hydrogen-bond donors (Lipinski definition) is 0. The number of rotatable bonds is 5. The van der Waals surface area contributed by atoms with Crippen LogP contribution >= 0.6 is 15.9 Å². The zero-order valence-corrected chi connectivity index (χ0v) is 18.7. The highest BCUT2D eigenvalue weighted by Gasteiger charge is 2.12. The van der Waals surface area contributed by atoms with Gasteiger partial charge in [0.25, 0.3) is 0 Å². The fourth-order valence-electron chi connectivity index (χ4n) is 3.75. The number of hydrogen-bond acceptors (Lipinski definition) is 2. The first-order valence-electron chi connectivity index (χ1n) is 10.3. The molecule has 0 radical (unpaired) electrons. The van der Waals surface area contributed by atoms with Crippen LogP contribution in [0.4, 0.5) is 0 Å². The van der Waals surface area contributed by atoms with Crippen molar-refractivity contribution in [1.82, 2.24) is 9.78 Å². The molecule has 0 aliphatic carbocycles. The number of ketones is 1. The van der Waals surface area contributed by atoms with E-state index in [0.717, 1.165) is 37.8 Å². The van der Waals surface area contributed by atoms with Gasteiger partial charge in [-0.25, -0.2) is 4.68 Å². The molecule has 0 bridgehead atoms. The maximum absolute atomic E-state index is 13.1. The predicted octanol–water partition coefficient (Wildman–Crippen LogP) is 7.35. The molecule has 0 aliphatic heterocycles. The Hall–Kier alpha value is -3.76. The van der Waals surface area contributed by atoms with Crippen LogP contribution in [0, 0.1) is 0 Å². The molecule has 0 spiro atoms. The molecule has 4 aromatic carbocycles. The van der Waals surface area contributed by atoms with Crippen LogP contribution in [0.1, 0.15) is 15.9 Å². The van der Waals surface area contributed by atoms with Crippen molar-refractivity contribution in [3.63, 3.8) is 0 Å². The van der Waals surface area contributed by atoms with Crippen molar-refractivity contribution in [3.05, 3.63) is 125 Å². The third-order valence-electron chi connectivity index (χ3n) is 5.35. The van der Waals surface area contributed by atoms with Crippen LogP contribution in [0.25, 0.3) is 33.8 Å². The summed E-state index contributed by atoms with van der Waals surface area (Å²) in [5, 5.41) is 6.83. The molecule has 0 saturated heterocycles. The Balaban J connectivity index is 1.56. The van der Waals surface area contributed by atoms with Crippen molar-refractivity contribution >= 4 is 38.6 Å². The lowest BCUT2D eigenvalue weighted by molar-refractivity contribution is 0.104. The molecular weight excluding hydrogens is 460 g/mol. The summed E-state index contributed by atoms with van der Waals surface area (Å²) in [4.78, 5) is 13.1. The fourth-order valence-corrected chi connectivity index (χ4v) is 4.01. The highest BCUT2D eigenvalue weighted by Crippen LogP contribution is 2.27. The summed E-state index contributed by atoms with van der Waals surface area (Å²) < 4.78 is 2.85. The monoisotopic (exact) mass is 478 g/mol. The van der Waals surface area contributed by atoms with Crippen molar-refractivity contribution in [2.45, 2.75) is 0 Å². The lowest BCUT2D eigenvalue weighted by Crippen LogP contribution is -1.95. The van der Waals surface area contributed by atoms with Crippen molar-refractivity contribution in [1.29, 1.82) is 0 Å². The summed E-state index contributed by atoms with van der Waals surface area (Å²) in [6, 6.07) is 31.7. The van der Waals surface area contributed by atoms with Crippen LogP contribution in [-0.4, -0.2) is 15.6 Å². The Morgan fingerprint density at radius 3 is 2.34 bits per heavy atom. The minimum Gasteiger partial charge on any atom is -0.289 e. The lowest BCUT2D eigenvalue weighted by Gasteiger charge is -2.03. The van der Waals surface area contributed by atoms with Gasteiger partial charge in [0.2, 0.25) is 0 Å². The van der Waals surface area contributed by atoms with E-state index in [2.05, 4.69) is 15.9 Å². The van der Waals surface area contributed by atoms with E-state index >= 15 is 0 Å². The molecule has 0 aliphatic rings. The van der Waals surface area contributed by atoms with Gasteiger partial charge < -0.3 is 0 Å². The number of carbonyl (C=O) groups excluding carboxylic acids is 1. The van der Waals surface area contributed by atoms with E-state index in [1.165, 1.54) is 0 Å². The molecule has 5 aromatic rings. The number of halogens is 1. The maximum atomic E-state index is 13.1. The second kappa shape index (κ2) is 8.77. The van der Waals surface area contributed by atoms with Crippen LogP contribution in [0.5, 0.6) is 0 Å². The molecule has 1 heterocycles. The second-order valence-electron chi connectivity index (χ2n) is 7.44. The van der Waals surface area contributed by atoms with Crippen LogP contribution in [0.3, 0.4) is 0 Å². The van der Waals surface area contributed by atoms with Crippen LogP contribution in [0.2, 0.25) is 0 Å². The number of nitrogens with zero attached hydrogens (tertiary/aromatic N) is 2. The Morgan fingerprint density at radius 2 is 1.53 bits per heavy atom. The van der Waals surface area contributed by atoms with Gasteiger partial charge in [-0.1, -0.05) is 88.7 Å². The average molecular weight is 479 g/mol. The zero-order valence-electron chi connectivity index (χ0n) is 17.2. The SMILES string of the molecule is O=C(C=Cc1cn(-c2ccccc2)nc1-c1ccc(Br)cc1)c1cccc2ccccc12. The number of fused-ring (bicyclic) bond motifs is 1. The van der Waals surface area contributed by atoms with Crippen LogP contribution in [0.15, 0.2) is 114 Å². The van der Waals surface area contributed by atoms with Crippen LogP contribution < -0.4 is 0 Å². The lowest BCUT2D eigenvalue weighted by atomic mass is 10.0. The van der Waals surface area contributed by atoms with E-state index in [9.17, 15) is 4.79 Å². The molecule has 4 heteroatoms. The summed E-state index contributed by atoms with van der Waals surface area (Å²) in [7, 11) is 0. The number of allylic oxidation sites excluding steroid dienone is 1. The molecule has 0 N–H and O–H groups in total. The third-order valence-corrected chi connectivity index (χ3v) is 5.88. The van der Waals surface area contributed by atoms with Gasteiger partial charge in [-0.2, -0.15) is 5.10 Å². The molecule has 0 atom stereocenters. The largest absolute Gasteiger partial charge is 0.289 e. The van der Waals surface area contributed by atoms with Crippen molar-refractivity contribution in [2.75, 3.05) is 0 Å². The molecule has 3 nitrogen and oxygen atoms in total. The third kappa shape index (κ3) is 4.05. The minimum atomic E-state index is -0.0315. The smallest absolute Gasteiger partial charge is 0.186 e. The maximum Gasteiger partial charge on any atom is 0.186 e. The number of carbonyl (C=O) groups is 1. The van der Waals surface area contributed by atoms with Gasteiger partial charge in [0.05, 0.1) is 11.4 Å². The van der Waals surface area contributed by atoms with E-state index in [1.54, 1.807) is 6.08 Å². The fraction of sp³-hybridized carbons (Fsp3) is 0. The standard InChI is InChI=1S/C28H19BrN2O/c29-23-16-13-21(14-17-23)28-22(19-31(30-28)24-9-2-1-3-10-24)15-18-27(32)26-12-6-8-20-7-4-5-11-25(20)26/h1-19H. The molecule has 1 aromatic heterocycles. The highest BCUT2D eigenvalue weighted by molar-refractivity contribution is 9.10. The Morgan fingerprint density at radius 1 is 0.812 bits per heavy atom. The predicted molar refractivity (Wildman–Crippen MR) is 134 cm³/mol. The first-order valence-corrected chi connectivity index (χ1v) is 11.1. The molecule has 0 saturated carbocycles. The first kappa shape index (κ1) is 20.2. The van der Waals surface area contributed by atoms with Gasteiger partial charge in [0.15, 0.2) is 5.78 Å². The number of para-hydroxylation sites is 1. The Labute approximate surface area is 194 Å². The molecule has 154 valence electrons. The number of benzene rings is 4. The van der Waals surface area contributed by atoms with E-state index in [1.807, 2.05) is 114 Å². The second-order valence-corrected chi connectivity index (χ2v) is 8.36. The van der Waals surface area contributed by atoms with Gasteiger partial charge in [0, 0.05) is 27.4 Å². The normalized spacial score (nSPS) is 11.3. The van der Waals surface area contributed by atoms with E-state index in [-0.39, 0.29) is 5.78 Å². The highest BCUT2D eigenvalue weighted by atomic mass is 79.9. The van der Waals surface area contributed by atoms with E-state index in [4.69, 9.17) is 5.10 Å². The van der Waals surface area contributed by atoms with Gasteiger partial charge in [-0.15, -0.1) is 0 Å². The molecule has 32 heavy (non-hydrogen) atoms. The summed E-state index contributed by atoms with van der Waals surface area (Å²) in [6.45, 7) is 0. The van der Waals surface area contributed by atoms with E-state index in [0.29, 0.717) is 5.56 Å². The van der Waals surface area contributed by atoms with Gasteiger partial charge in [-0.05, 0) is 47.2 Å². The summed E-state index contributed by atoms with van der Waals surface area (Å²) in [5.41, 5.74) is 4.35. The molecular formula is C28H19BrN2O. The topological polar surface area (TPSA) is 34.9 Å². The summed E-state index contributed by atoms with van der Waals surface area (Å²) >= 11 is 3.49. The molecule has 5 rings (SSSR count). The summed E-state index contributed by atoms with van der Waals surface area (Å²) in [5.74, 6) is -0.0315. The number of aromatic nitrogens is 2. The average Bonchev–Trinajstić information content (AvgIpc) is 3.27. The van der Waals surface area contributed by atoms with E-state index < -0.39 is 0 Å². The van der Waals surface area contributed by atoms with Gasteiger partial charge in [0.1, 0.15) is 0 Å². The summed E-state index contributed by atoms with van der Waals surface area (Å²) in [6.07, 6.45) is 5.45. The van der Waals surface area contributed by atoms with Crippen molar-refractivity contribution < 1.29 is 4.79 Å².